The number of thioether (sulfide) groups is 1. The molecular formula is C31H31F17OS. The molecule has 0 fully saturated rings. The predicted molar refractivity (Wildman–Crippen MR) is 152 cm³/mol. The van der Waals surface area contributed by atoms with Crippen LogP contribution >= 0.6 is 11.8 Å². The highest BCUT2D eigenvalue weighted by atomic mass is 32.2. The molecule has 2 aromatic rings. The second-order valence-corrected chi connectivity index (χ2v) is 14.7. The van der Waals surface area contributed by atoms with Gasteiger partial charge in [0.1, 0.15) is 5.75 Å². The third kappa shape index (κ3) is 7.21. The Kier molecular flexibility index (Phi) is 11.4. The minimum Gasteiger partial charge on any atom is -0.507 e. The molecule has 0 saturated carbocycles. The van der Waals surface area contributed by atoms with Crippen LogP contribution in [-0.4, -0.2) is 58.5 Å². The molecule has 2 aromatic carbocycles. The first-order valence-electron chi connectivity index (χ1n) is 14.2. The molecule has 50 heavy (non-hydrogen) atoms. The van der Waals surface area contributed by atoms with Crippen LogP contribution in [-0.2, 0) is 10.8 Å². The lowest BCUT2D eigenvalue weighted by Gasteiger charge is -2.42. The molecule has 0 radical (unpaired) electrons. The molecule has 0 bridgehead atoms. The zero-order valence-corrected chi connectivity index (χ0v) is 27.6. The lowest BCUT2D eigenvalue weighted by Crippen LogP contribution is -2.74. The van der Waals surface area contributed by atoms with Gasteiger partial charge in [-0.2, -0.15) is 74.6 Å². The van der Waals surface area contributed by atoms with Crippen molar-refractivity contribution in [2.75, 3.05) is 5.75 Å². The lowest BCUT2D eigenvalue weighted by molar-refractivity contribution is -0.461. The summed E-state index contributed by atoms with van der Waals surface area (Å²) in [6.45, 7) is 10.4. The van der Waals surface area contributed by atoms with Gasteiger partial charge in [-0.3, -0.25) is 0 Å². The molecule has 1 atom stereocenters. The van der Waals surface area contributed by atoms with Crippen molar-refractivity contribution in [3.05, 3.63) is 64.7 Å². The summed E-state index contributed by atoms with van der Waals surface area (Å²) in [7, 11) is 0. The number of hydrogen-bond acceptors (Lipinski definition) is 2. The van der Waals surface area contributed by atoms with Gasteiger partial charge in [-0.15, -0.1) is 11.8 Å². The van der Waals surface area contributed by atoms with Gasteiger partial charge in [0.2, 0.25) is 0 Å². The van der Waals surface area contributed by atoms with Gasteiger partial charge in [0.05, 0.1) is 5.25 Å². The minimum atomic E-state index is -8.67. The van der Waals surface area contributed by atoms with Gasteiger partial charge >= 0.3 is 47.6 Å². The smallest absolute Gasteiger partial charge is 0.460 e. The van der Waals surface area contributed by atoms with E-state index in [0.717, 1.165) is 0 Å². The van der Waals surface area contributed by atoms with E-state index in [0.29, 0.717) is 11.1 Å². The second-order valence-electron chi connectivity index (χ2n) is 13.5. The average Bonchev–Trinajstić information content (AvgIpc) is 2.93. The van der Waals surface area contributed by atoms with Crippen LogP contribution < -0.4 is 0 Å². The van der Waals surface area contributed by atoms with Gasteiger partial charge in [-0.1, -0.05) is 84.0 Å². The molecule has 1 N–H and O–H groups in total. The second kappa shape index (κ2) is 13.1. The standard InChI is InChI=1S/C31H31F17OS/c1-22(2,3)17-14-18(20(49)19(15-17)23(4,5)6)21(16-10-8-7-9-11-16)50-13-12-24(32,33)25(34,35)26(36,37)27(38,39)28(40,41)29(42,43)30(44,45)31(46,47)48/h7-11,14-15,21,49H,12-13H2,1-6H3. The van der Waals surface area contributed by atoms with Crippen LogP contribution in [0.15, 0.2) is 42.5 Å². The first-order valence-corrected chi connectivity index (χ1v) is 15.3. The van der Waals surface area contributed by atoms with E-state index in [1.54, 1.807) is 47.6 Å². The number of phenols is 1. The van der Waals surface area contributed by atoms with Crippen molar-refractivity contribution in [2.24, 2.45) is 0 Å². The number of alkyl halides is 17. The maximum absolute atomic E-state index is 14.7. The Hall–Kier alpha value is -2.60. The van der Waals surface area contributed by atoms with Gasteiger partial charge in [0.25, 0.3) is 0 Å². The van der Waals surface area contributed by atoms with Gasteiger partial charge in [0, 0.05) is 17.7 Å². The maximum atomic E-state index is 14.7. The Labute approximate surface area is 279 Å². The van der Waals surface area contributed by atoms with Crippen molar-refractivity contribution >= 4 is 11.8 Å². The van der Waals surface area contributed by atoms with Crippen LogP contribution in [0.1, 0.15) is 75.5 Å². The van der Waals surface area contributed by atoms with Gasteiger partial charge in [0.15, 0.2) is 0 Å². The van der Waals surface area contributed by atoms with Crippen LogP contribution in [0.5, 0.6) is 5.75 Å². The van der Waals surface area contributed by atoms with Crippen molar-refractivity contribution in [1.82, 2.24) is 0 Å². The average molecular weight is 775 g/mol. The number of rotatable bonds is 12. The molecule has 0 aromatic heterocycles. The molecule has 0 aliphatic carbocycles. The zero-order valence-electron chi connectivity index (χ0n) is 26.8. The number of phenolic OH excluding ortho intramolecular Hbond substituents is 1. The fourth-order valence-corrected chi connectivity index (χ4v) is 5.83. The fourth-order valence-electron chi connectivity index (χ4n) is 4.51. The third-order valence-corrected chi connectivity index (χ3v) is 8.99. The van der Waals surface area contributed by atoms with Crippen LogP contribution in [0.25, 0.3) is 0 Å². The molecule has 0 heterocycles. The van der Waals surface area contributed by atoms with Crippen molar-refractivity contribution in [2.45, 2.75) is 112 Å². The fraction of sp³-hybridized carbons (Fsp3) is 0.613. The van der Waals surface area contributed by atoms with Crippen molar-refractivity contribution in [3.8, 4) is 5.75 Å². The molecule has 1 unspecified atom stereocenters. The molecular weight excluding hydrogens is 743 g/mol. The normalized spacial score (nSPS) is 15.7. The lowest BCUT2D eigenvalue weighted by atomic mass is 9.78. The van der Waals surface area contributed by atoms with Crippen LogP contribution in [0.3, 0.4) is 0 Å². The van der Waals surface area contributed by atoms with E-state index < -0.39 is 81.6 Å². The number of aromatic hydroxyl groups is 1. The summed E-state index contributed by atoms with van der Waals surface area (Å²) in [5.74, 6) is -58.4. The Morgan fingerprint density at radius 2 is 0.980 bits per heavy atom. The molecule has 286 valence electrons. The van der Waals surface area contributed by atoms with E-state index in [9.17, 15) is 79.7 Å². The summed E-state index contributed by atoms with van der Waals surface area (Å²) in [5, 5.41) is 9.98. The molecule has 0 aliphatic heterocycles. The number of hydrogen-bond donors (Lipinski definition) is 1. The summed E-state index contributed by atoms with van der Waals surface area (Å²) in [6.07, 6.45) is -10.4. The number of halogens is 17. The Bertz CT molecular complexity index is 1490. The van der Waals surface area contributed by atoms with E-state index in [2.05, 4.69) is 0 Å². The SMILES string of the molecule is CC(C)(C)c1cc(C(SCCC(F)(F)C(F)(F)C(F)(F)C(F)(F)C(F)(F)C(F)(F)C(F)(F)C(F)(F)F)c2ccccc2)c(O)c(C(C)(C)C)c1. The van der Waals surface area contributed by atoms with E-state index >= 15 is 0 Å². The Balaban J connectivity index is 2.60. The first-order chi connectivity index (χ1) is 21.9. The molecule has 2 rings (SSSR count). The van der Waals surface area contributed by atoms with Crippen LogP contribution in [0.4, 0.5) is 74.6 Å². The highest BCUT2D eigenvalue weighted by Gasteiger charge is 2.95. The van der Waals surface area contributed by atoms with E-state index in [4.69, 9.17) is 0 Å². The van der Waals surface area contributed by atoms with Crippen LogP contribution in [0.2, 0.25) is 0 Å². The van der Waals surface area contributed by atoms with Gasteiger partial charge in [-0.25, -0.2) is 0 Å². The minimum absolute atomic E-state index is 0.00189. The summed E-state index contributed by atoms with van der Waals surface area (Å²) >= 11 is 0.260. The quantitative estimate of drug-likeness (QED) is 0.217. The van der Waals surface area contributed by atoms with Crippen molar-refractivity contribution < 1.29 is 79.7 Å². The summed E-state index contributed by atoms with van der Waals surface area (Å²) in [6, 6.07) is 10.2. The van der Waals surface area contributed by atoms with Crippen LogP contribution in [0, 0.1) is 0 Å². The molecule has 19 heteroatoms. The Morgan fingerprint density at radius 1 is 0.560 bits per heavy atom. The monoisotopic (exact) mass is 774 g/mol. The zero-order chi connectivity index (χ0) is 39.5. The molecule has 0 aliphatic rings. The molecule has 0 spiro atoms. The maximum Gasteiger partial charge on any atom is 0.460 e. The molecule has 0 saturated heterocycles. The predicted octanol–water partition coefficient (Wildman–Crippen LogP) is 12.2. The van der Waals surface area contributed by atoms with Gasteiger partial charge in [-0.05, 0) is 27.5 Å². The van der Waals surface area contributed by atoms with Crippen molar-refractivity contribution in [3.63, 3.8) is 0 Å². The summed E-state index contributed by atoms with van der Waals surface area (Å²) in [4.78, 5) is 0. The number of benzene rings is 2. The first kappa shape index (κ1) is 43.6. The van der Waals surface area contributed by atoms with E-state index in [1.165, 1.54) is 36.4 Å². The third-order valence-electron chi connectivity index (χ3n) is 7.69. The molecule has 1 nitrogen and oxygen atoms in total. The van der Waals surface area contributed by atoms with Gasteiger partial charge < -0.3 is 5.11 Å². The largest absolute Gasteiger partial charge is 0.507 e. The van der Waals surface area contributed by atoms with E-state index in [1.807, 2.05) is 0 Å². The Morgan fingerprint density at radius 3 is 1.38 bits per heavy atom. The van der Waals surface area contributed by atoms with E-state index in [-0.39, 0.29) is 22.9 Å². The topological polar surface area (TPSA) is 20.2 Å². The van der Waals surface area contributed by atoms with Crippen molar-refractivity contribution in [1.29, 1.82) is 0 Å². The highest BCUT2D eigenvalue weighted by Crippen LogP contribution is 2.64. The highest BCUT2D eigenvalue weighted by molar-refractivity contribution is 7.99. The molecule has 0 amide bonds. The summed E-state index contributed by atoms with van der Waals surface area (Å²) in [5.41, 5.74) is -0.279. The summed E-state index contributed by atoms with van der Waals surface area (Å²) < 4.78 is 233.